The Balaban J connectivity index is 1.79. The first-order valence-corrected chi connectivity index (χ1v) is 6.49. The highest BCUT2D eigenvalue weighted by atomic mass is 16.7. The molecule has 3 rings (SSSR count). The van der Waals surface area contributed by atoms with E-state index in [1.165, 1.54) is 0 Å². The molecule has 1 aromatic rings. The van der Waals surface area contributed by atoms with E-state index in [0.29, 0.717) is 22.7 Å². The largest absolute Gasteiger partial charge is 0.454 e. The normalized spacial score (nSPS) is 19.7. The lowest BCUT2D eigenvalue weighted by Gasteiger charge is -2.07. The Kier molecular flexibility index (Phi) is 3.29. The van der Waals surface area contributed by atoms with E-state index in [2.05, 4.69) is 12.2 Å². The van der Waals surface area contributed by atoms with Crippen LogP contribution in [-0.2, 0) is 0 Å². The Labute approximate surface area is 117 Å². The highest BCUT2D eigenvalue weighted by Gasteiger charge is 2.18. The zero-order valence-electron chi connectivity index (χ0n) is 10.9. The fourth-order valence-electron chi connectivity index (χ4n) is 2.21. The zero-order chi connectivity index (χ0) is 13.9. The van der Waals surface area contributed by atoms with Gasteiger partial charge in [-0.15, -0.1) is 0 Å². The second kappa shape index (κ2) is 5.25. The Bertz CT molecular complexity index is 629. The standard InChI is InChI=1S/C16H15NO3/c17-13-9-16-15(19-10-20-16)8-12(13)14(18)7-6-11-4-2-1-3-5-11/h1-4,6-9,11H,5,10,17H2. The van der Waals surface area contributed by atoms with Gasteiger partial charge in [0.25, 0.3) is 0 Å². The first-order valence-electron chi connectivity index (χ1n) is 6.49. The molecule has 2 N–H and O–H groups in total. The molecule has 4 heteroatoms. The maximum absolute atomic E-state index is 12.2. The molecule has 1 unspecified atom stereocenters. The van der Waals surface area contributed by atoms with E-state index >= 15 is 0 Å². The fraction of sp³-hybridized carbons (Fsp3) is 0.188. The molecular formula is C16H15NO3. The molecule has 1 heterocycles. The van der Waals surface area contributed by atoms with E-state index in [1.807, 2.05) is 18.2 Å². The molecule has 2 aliphatic rings. The minimum Gasteiger partial charge on any atom is -0.454 e. The quantitative estimate of drug-likeness (QED) is 0.520. The van der Waals surface area contributed by atoms with Crippen molar-refractivity contribution in [3.8, 4) is 11.5 Å². The number of fused-ring (bicyclic) bond motifs is 1. The van der Waals surface area contributed by atoms with Crippen LogP contribution in [0.15, 0.2) is 48.6 Å². The number of rotatable bonds is 3. The Hall–Kier alpha value is -2.49. The third-order valence-electron chi connectivity index (χ3n) is 3.32. The molecule has 0 radical (unpaired) electrons. The molecule has 0 saturated carbocycles. The summed E-state index contributed by atoms with van der Waals surface area (Å²) in [6.07, 6.45) is 12.5. The number of ketones is 1. The van der Waals surface area contributed by atoms with E-state index in [1.54, 1.807) is 18.2 Å². The second-order valence-electron chi connectivity index (χ2n) is 4.73. The molecule has 0 spiro atoms. The molecule has 0 bridgehead atoms. The number of ether oxygens (including phenoxy) is 2. The summed E-state index contributed by atoms with van der Waals surface area (Å²) in [4.78, 5) is 12.2. The first kappa shape index (κ1) is 12.5. The van der Waals surface area contributed by atoms with Crippen molar-refractivity contribution in [1.82, 2.24) is 0 Å². The van der Waals surface area contributed by atoms with Crippen LogP contribution < -0.4 is 15.2 Å². The summed E-state index contributed by atoms with van der Waals surface area (Å²) in [6.45, 7) is 0.168. The van der Waals surface area contributed by atoms with Crippen molar-refractivity contribution in [2.24, 2.45) is 5.92 Å². The van der Waals surface area contributed by atoms with E-state index in [4.69, 9.17) is 15.2 Å². The monoisotopic (exact) mass is 269 g/mol. The van der Waals surface area contributed by atoms with Crippen LogP contribution in [0.2, 0.25) is 0 Å². The van der Waals surface area contributed by atoms with Gasteiger partial charge in [0, 0.05) is 17.3 Å². The average molecular weight is 269 g/mol. The van der Waals surface area contributed by atoms with Crippen molar-refractivity contribution >= 4 is 11.5 Å². The van der Waals surface area contributed by atoms with Crippen LogP contribution >= 0.6 is 0 Å². The lowest BCUT2D eigenvalue weighted by Crippen LogP contribution is -2.02. The van der Waals surface area contributed by atoms with Crippen LogP contribution in [0.3, 0.4) is 0 Å². The predicted molar refractivity (Wildman–Crippen MR) is 76.8 cm³/mol. The van der Waals surface area contributed by atoms with Crippen molar-refractivity contribution in [3.63, 3.8) is 0 Å². The van der Waals surface area contributed by atoms with Gasteiger partial charge in [0.05, 0.1) is 0 Å². The number of allylic oxidation sites excluding steroid dienone is 6. The van der Waals surface area contributed by atoms with Gasteiger partial charge >= 0.3 is 0 Å². The van der Waals surface area contributed by atoms with E-state index < -0.39 is 0 Å². The molecule has 1 aromatic carbocycles. The molecule has 0 amide bonds. The number of carbonyl (C=O) groups is 1. The number of benzene rings is 1. The average Bonchev–Trinajstić information content (AvgIpc) is 2.92. The molecule has 1 aliphatic heterocycles. The summed E-state index contributed by atoms with van der Waals surface area (Å²) in [7, 11) is 0. The van der Waals surface area contributed by atoms with Gasteiger partial charge in [-0.2, -0.15) is 0 Å². The number of hydrogen-bond acceptors (Lipinski definition) is 4. The molecule has 4 nitrogen and oxygen atoms in total. The number of nitrogen functional groups attached to an aromatic ring is 1. The smallest absolute Gasteiger partial charge is 0.231 e. The summed E-state index contributed by atoms with van der Waals surface area (Å²) in [6, 6.07) is 3.27. The summed E-state index contributed by atoms with van der Waals surface area (Å²) >= 11 is 0. The number of carbonyl (C=O) groups excluding carboxylic acids is 1. The second-order valence-corrected chi connectivity index (χ2v) is 4.73. The van der Waals surface area contributed by atoms with Crippen molar-refractivity contribution in [2.75, 3.05) is 12.5 Å². The fourth-order valence-corrected chi connectivity index (χ4v) is 2.21. The number of nitrogens with two attached hydrogens (primary N) is 1. The van der Waals surface area contributed by atoms with Gasteiger partial charge in [-0.3, -0.25) is 4.79 Å². The van der Waals surface area contributed by atoms with Crippen LogP contribution in [0.4, 0.5) is 5.69 Å². The molecule has 1 aliphatic carbocycles. The Morgan fingerprint density at radius 1 is 1.25 bits per heavy atom. The van der Waals surface area contributed by atoms with Crippen molar-refractivity contribution in [3.05, 3.63) is 54.2 Å². The Morgan fingerprint density at radius 3 is 2.80 bits per heavy atom. The van der Waals surface area contributed by atoms with Gasteiger partial charge in [0.2, 0.25) is 6.79 Å². The summed E-state index contributed by atoms with van der Waals surface area (Å²) < 4.78 is 10.5. The van der Waals surface area contributed by atoms with Crippen LogP contribution in [0, 0.1) is 5.92 Å². The molecule has 20 heavy (non-hydrogen) atoms. The van der Waals surface area contributed by atoms with Gasteiger partial charge in [0.15, 0.2) is 17.3 Å². The zero-order valence-corrected chi connectivity index (χ0v) is 10.9. The van der Waals surface area contributed by atoms with Crippen LogP contribution in [0.1, 0.15) is 16.8 Å². The topological polar surface area (TPSA) is 61.6 Å². The van der Waals surface area contributed by atoms with Gasteiger partial charge < -0.3 is 15.2 Å². The van der Waals surface area contributed by atoms with E-state index in [-0.39, 0.29) is 18.5 Å². The van der Waals surface area contributed by atoms with Crippen LogP contribution in [0.25, 0.3) is 0 Å². The van der Waals surface area contributed by atoms with E-state index in [9.17, 15) is 4.79 Å². The SMILES string of the molecule is Nc1cc2c(cc1C(=O)C=CC1C=CC=CC1)OCO2. The van der Waals surface area contributed by atoms with Crippen molar-refractivity contribution in [2.45, 2.75) is 6.42 Å². The summed E-state index contributed by atoms with van der Waals surface area (Å²) in [5.74, 6) is 1.29. The molecule has 1 atom stereocenters. The predicted octanol–water partition coefficient (Wildman–Crippen LogP) is 2.87. The summed E-state index contributed by atoms with van der Waals surface area (Å²) in [5, 5.41) is 0. The van der Waals surface area contributed by atoms with E-state index in [0.717, 1.165) is 6.42 Å². The minimum absolute atomic E-state index is 0.122. The maximum Gasteiger partial charge on any atom is 0.231 e. The molecule has 0 fully saturated rings. The van der Waals surface area contributed by atoms with Crippen molar-refractivity contribution < 1.29 is 14.3 Å². The first-order chi connectivity index (χ1) is 9.74. The number of anilines is 1. The van der Waals surface area contributed by atoms with Gasteiger partial charge in [0.1, 0.15) is 0 Å². The minimum atomic E-state index is -0.122. The van der Waals surface area contributed by atoms with Crippen LogP contribution in [-0.4, -0.2) is 12.6 Å². The van der Waals surface area contributed by atoms with Gasteiger partial charge in [-0.05, 0) is 24.5 Å². The molecule has 102 valence electrons. The third kappa shape index (κ3) is 2.45. The highest BCUT2D eigenvalue weighted by Crippen LogP contribution is 2.36. The maximum atomic E-state index is 12.2. The summed E-state index contributed by atoms with van der Waals surface area (Å²) in [5.41, 5.74) is 6.74. The Morgan fingerprint density at radius 2 is 2.05 bits per heavy atom. The van der Waals surface area contributed by atoms with Gasteiger partial charge in [-0.1, -0.05) is 30.4 Å². The molecule has 0 aromatic heterocycles. The lowest BCUT2D eigenvalue weighted by atomic mass is 9.99. The third-order valence-corrected chi connectivity index (χ3v) is 3.32. The van der Waals surface area contributed by atoms with Crippen molar-refractivity contribution in [1.29, 1.82) is 0 Å². The van der Waals surface area contributed by atoms with Crippen LogP contribution in [0.5, 0.6) is 11.5 Å². The highest BCUT2D eigenvalue weighted by molar-refractivity contribution is 6.08. The lowest BCUT2D eigenvalue weighted by molar-refractivity contribution is 0.104. The molecular weight excluding hydrogens is 254 g/mol. The molecule has 0 saturated heterocycles. The number of hydrogen-bond donors (Lipinski definition) is 1. The van der Waals surface area contributed by atoms with Gasteiger partial charge in [-0.25, -0.2) is 0 Å².